The zero-order chi connectivity index (χ0) is 15.2. The standard InChI is InChI=1S/C16H24N2O3/c1-12-10-14(17-7-4-16(20)21)2-3-15(12)18-8-5-13(11-19)6-9-18/h2-3,10,13,17,19H,4-9,11H2,1H3,(H,20,21). The number of hydrogen-bond acceptors (Lipinski definition) is 4. The number of carbonyl (C=O) groups is 1. The van der Waals surface area contributed by atoms with E-state index in [0.29, 0.717) is 19.1 Å². The minimum Gasteiger partial charge on any atom is -0.481 e. The number of hydrogen-bond donors (Lipinski definition) is 3. The van der Waals surface area contributed by atoms with Gasteiger partial charge in [0.05, 0.1) is 6.42 Å². The third kappa shape index (κ3) is 4.36. The monoisotopic (exact) mass is 292 g/mol. The van der Waals surface area contributed by atoms with Crippen LogP contribution in [0.1, 0.15) is 24.8 Å². The number of carboxylic acid groups (broad SMARTS) is 1. The second-order valence-corrected chi connectivity index (χ2v) is 5.68. The Balaban J connectivity index is 1.94. The molecule has 21 heavy (non-hydrogen) atoms. The van der Waals surface area contributed by atoms with Crippen molar-refractivity contribution in [3.63, 3.8) is 0 Å². The molecular weight excluding hydrogens is 268 g/mol. The summed E-state index contributed by atoms with van der Waals surface area (Å²) in [6.07, 6.45) is 2.19. The summed E-state index contributed by atoms with van der Waals surface area (Å²) >= 11 is 0. The van der Waals surface area contributed by atoms with Crippen LogP contribution in [0.5, 0.6) is 0 Å². The maximum absolute atomic E-state index is 10.5. The SMILES string of the molecule is Cc1cc(NCCC(=O)O)ccc1N1CCC(CO)CC1. The van der Waals surface area contributed by atoms with E-state index >= 15 is 0 Å². The molecule has 5 nitrogen and oxygen atoms in total. The molecule has 3 N–H and O–H groups in total. The van der Waals surface area contributed by atoms with Crippen molar-refractivity contribution in [3.8, 4) is 0 Å². The second-order valence-electron chi connectivity index (χ2n) is 5.68. The van der Waals surface area contributed by atoms with Crippen LogP contribution in [0.3, 0.4) is 0 Å². The third-order valence-electron chi connectivity index (χ3n) is 4.08. The minimum atomic E-state index is -0.789. The molecule has 0 saturated carbocycles. The van der Waals surface area contributed by atoms with Gasteiger partial charge in [-0.1, -0.05) is 0 Å². The van der Waals surface area contributed by atoms with Gasteiger partial charge in [-0.15, -0.1) is 0 Å². The molecule has 1 fully saturated rings. The molecule has 0 amide bonds. The second kappa shape index (κ2) is 7.31. The topological polar surface area (TPSA) is 72.8 Å². The Hall–Kier alpha value is -1.75. The zero-order valence-electron chi connectivity index (χ0n) is 12.5. The molecule has 0 aliphatic carbocycles. The summed E-state index contributed by atoms with van der Waals surface area (Å²) in [7, 11) is 0. The van der Waals surface area contributed by atoms with E-state index in [4.69, 9.17) is 5.11 Å². The lowest BCUT2D eigenvalue weighted by molar-refractivity contribution is -0.136. The van der Waals surface area contributed by atoms with E-state index in [-0.39, 0.29) is 6.42 Å². The normalized spacial score (nSPS) is 16.0. The summed E-state index contributed by atoms with van der Waals surface area (Å²) in [5.41, 5.74) is 3.38. The molecule has 1 aromatic carbocycles. The lowest BCUT2D eigenvalue weighted by atomic mass is 9.97. The van der Waals surface area contributed by atoms with Crippen LogP contribution in [-0.4, -0.2) is 42.4 Å². The first-order chi connectivity index (χ1) is 10.1. The van der Waals surface area contributed by atoms with Gasteiger partial charge in [-0.25, -0.2) is 0 Å². The zero-order valence-corrected chi connectivity index (χ0v) is 12.5. The smallest absolute Gasteiger partial charge is 0.305 e. The van der Waals surface area contributed by atoms with Crippen molar-refractivity contribution in [1.82, 2.24) is 0 Å². The van der Waals surface area contributed by atoms with Crippen molar-refractivity contribution < 1.29 is 15.0 Å². The molecular formula is C16H24N2O3. The molecule has 0 aromatic heterocycles. The van der Waals surface area contributed by atoms with Gasteiger partial charge in [0.15, 0.2) is 0 Å². The third-order valence-corrected chi connectivity index (χ3v) is 4.08. The number of anilines is 2. The van der Waals surface area contributed by atoms with Crippen LogP contribution in [0.4, 0.5) is 11.4 Å². The fraction of sp³-hybridized carbons (Fsp3) is 0.562. The Morgan fingerprint density at radius 1 is 1.38 bits per heavy atom. The number of nitrogens with one attached hydrogen (secondary N) is 1. The number of aliphatic hydroxyl groups is 1. The maximum Gasteiger partial charge on any atom is 0.305 e. The fourth-order valence-corrected chi connectivity index (χ4v) is 2.79. The van der Waals surface area contributed by atoms with E-state index in [1.807, 2.05) is 6.07 Å². The molecule has 1 heterocycles. The molecule has 1 saturated heterocycles. The summed E-state index contributed by atoms with van der Waals surface area (Å²) in [5, 5.41) is 21.0. The van der Waals surface area contributed by atoms with Gasteiger partial charge in [0.1, 0.15) is 0 Å². The highest BCUT2D eigenvalue weighted by Crippen LogP contribution is 2.27. The fourth-order valence-electron chi connectivity index (χ4n) is 2.79. The summed E-state index contributed by atoms with van der Waals surface area (Å²) in [6, 6.07) is 6.16. The van der Waals surface area contributed by atoms with Crippen LogP contribution in [0.15, 0.2) is 18.2 Å². The highest BCUT2D eigenvalue weighted by atomic mass is 16.4. The number of rotatable bonds is 6. The van der Waals surface area contributed by atoms with Gasteiger partial charge >= 0.3 is 5.97 Å². The number of carboxylic acids is 1. The summed E-state index contributed by atoms with van der Waals surface area (Å²) in [4.78, 5) is 12.9. The van der Waals surface area contributed by atoms with Gasteiger partial charge in [0.25, 0.3) is 0 Å². The molecule has 0 radical (unpaired) electrons. The van der Waals surface area contributed by atoms with Gasteiger partial charge in [-0.3, -0.25) is 4.79 Å². The van der Waals surface area contributed by atoms with Crippen molar-refractivity contribution >= 4 is 17.3 Å². The Bertz CT molecular complexity index is 482. The van der Waals surface area contributed by atoms with Crippen molar-refractivity contribution in [2.24, 2.45) is 5.92 Å². The van der Waals surface area contributed by atoms with Crippen LogP contribution in [0, 0.1) is 12.8 Å². The number of piperidine rings is 1. The number of aryl methyl sites for hydroxylation is 1. The number of aliphatic carboxylic acids is 1. The first-order valence-corrected chi connectivity index (χ1v) is 7.52. The average molecular weight is 292 g/mol. The van der Waals surface area contributed by atoms with Crippen LogP contribution in [0.2, 0.25) is 0 Å². The van der Waals surface area contributed by atoms with Crippen LogP contribution in [-0.2, 0) is 4.79 Å². The van der Waals surface area contributed by atoms with Crippen LogP contribution >= 0.6 is 0 Å². The number of benzene rings is 1. The lowest BCUT2D eigenvalue weighted by Crippen LogP contribution is -2.35. The van der Waals surface area contributed by atoms with Gasteiger partial charge in [0, 0.05) is 37.6 Å². The van der Waals surface area contributed by atoms with Crippen LogP contribution < -0.4 is 10.2 Å². The molecule has 0 bridgehead atoms. The Labute approximate surface area is 125 Å². The van der Waals surface area contributed by atoms with Crippen molar-refractivity contribution in [2.45, 2.75) is 26.2 Å². The molecule has 5 heteroatoms. The van der Waals surface area contributed by atoms with E-state index in [1.165, 1.54) is 11.3 Å². The number of aliphatic hydroxyl groups excluding tert-OH is 1. The predicted octanol–water partition coefficient (Wildman–Crippen LogP) is 2.09. The van der Waals surface area contributed by atoms with Crippen LogP contribution in [0.25, 0.3) is 0 Å². The molecule has 0 spiro atoms. The summed E-state index contributed by atoms with van der Waals surface area (Å²) in [5.74, 6) is -0.346. The van der Waals surface area contributed by atoms with E-state index in [9.17, 15) is 9.90 Å². The molecule has 1 aromatic rings. The van der Waals surface area contributed by atoms with Gasteiger partial charge in [-0.05, 0) is 49.4 Å². The Morgan fingerprint density at radius 2 is 2.10 bits per heavy atom. The first-order valence-electron chi connectivity index (χ1n) is 7.52. The highest BCUT2D eigenvalue weighted by Gasteiger charge is 2.19. The molecule has 1 aliphatic rings. The predicted molar refractivity (Wildman–Crippen MR) is 83.9 cm³/mol. The van der Waals surface area contributed by atoms with Gasteiger partial charge in [-0.2, -0.15) is 0 Å². The van der Waals surface area contributed by atoms with Crippen molar-refractivity contribution in [3.05, 3.63) is 23.8 Å². The number of nitrogens with zero attached hydrogens (tertiary/aromatic N) is 1. The lowest BCUT2D eigenvalue weighted by Gasteiger charge is -2.34. The summed E-state index contributed by atoms with van der Waals surface area (Å²) < 4.78 is 0. The summed E-state index contributed by atoms with van der Waals surface area (Å²) in [6.45, 7) is 4.78. The maximum atomic E-state index is 10.5. The highest BCUT2D eigenvalue weighted by molar-refractivity contribution is 5.68. The molecule has 1 aliphatic heterocycles. The molecule has 116 valence electrons. The van der Waals surface area contributed by atoms with Gasteiger partial charge < -0.3 is 20.4 Å². The molecule has 0 unspecified atom stereocenters. The van der Waals surface area contributed by atoms with E-state index in [1.54, 1.807) is 0 Å². The Morgan fingerprint density at radius 3 is 2.67 bits per heavy atom. The average Bonchev–Trinajstić information content (AvgIpc) is 2.47. The molecule has 0 atom stereocenters. The first kappa shape index (κ1) is 15.6. The van der Waals surface area contributed by atoms with E-state index in [0.717, 1.165) is 31.6 Å². The van der Waals surface area contributed by atoms with E-state index in [2.05, 4.69) is 29.3 Å². The largest absolute Gasteiger partial charge is 0.481 e. The Kier molecular flexibility index (Phi) is 5.44. The molecule has 2 rings (SSSR count). The van der Waals surface area contributed by atoms with Gasteiger partial charge in [0.2, 0.25) is 0 Å². The minimum absolute atomic E-state index is 0.121. The van der Waals surface area contributed by atoms with E-state index < -0.39 is 5.97 Å². The van der Waals surface area contributed by atoms with Crippen molar-refractivity contribution in [1.29, 1.82) is 0 Å². The quantitative estimate of drug-likeness (QED) is 0.749. The van der Waals surface area contributed by atoms with Crippen molar-refractivity contribution in [2.75, 3.05) is 36.5 Å².